The van der Waals surface area contributed by atoms with Crippen molar-refractivity contribution in [2.45, 2.75) is 43.9 Å². The van der Waals surface area contributed by atoms with Crippen molar-refractivity contribution in [1.29, 1.82) is 0 Å². The first kappa shape index (κ1) is 21.6. The van der Waals surface area contributed by atoms with Crippen LogP contribution < -0.4 is 5.32 Å². The van der Waals surface area contributed by atoms with E-state index in [1.54, 1.807) is 0 Å². The second kappa shape index (κ2) is 10.6. The van der Waals surface area contributed by atoms with E-state index in [1.165, 1.54) is 22.9 Å². The summed E-state index contributed by atoms with van der Waals surface area (Å²) < 4.78 is 7.64. The molecule has 1 amide bonds. The molecule has 1 atom stereocenters. The molecule has 1 fully saturated rings. The van der Waals surface area contributed by atoms with Gasteiger partial charge in [0.05, 0.1) is 11.9 Å². The number of nitrogens with one attached hydrogen (secondary N) is 1. The molecular formula is C24H28N4O2S. The molecule has 4 rings (SSSR count). The highest BCUT2D eigenvalue weighted by molar-refractivity contribution is 7.99. The topological polar surface area (TPSA) is 69.0 Å². The number of thioether (sulfide) groups is 1. The van der Waals surface area contributed by atoms with Crippen molar-refractivity contribution in [3.8, 4) is 5.69 Å². The Morgan fingerprint density at radius 3 is 2.68 bits per heavy atom. The summed E-state index contributed by atoms with van der Waals surface area (Å²) in [7, 11) is 0. The van der Waals surface area contributed by atoms with Crippen LogP contribution in [0.25, 0.3) is 5.69 Å². The summed E-state index contributed by atoms with van der Waals surface area (Å²) in [5.41, 5.74) is 3.48. The minimum atomic E-state index is -0.00945. The molecule has 1 N–H and O–H groups in total. The SMILES string of the molecule is Cc1ccc(-n2c(CCc3ccccc3)nnc2SCC(=O)NC[C@H]2CCCO2)cc1. The number of ether oxygens (including phenoxy) is 1. The van der Waals surface area contributed by atoms with Gasteiger partial charge in [-0.05, 0) is 43.9 Å². The van der Waals surface area contributed by atoms with Crippen LogP contribution in [0.3, 0.4) is 0 Å². The Bertz CT molecular complexity index is 983. The second-order valence-corrected chi connectivity index (χ2v) is 8.73. The average Bonchev–Trinajstić information content (AvgIpc) is 3.46. The van der Waals surface area contributed by atoms with Crippen molar-refractivity contribution in [3.63, 3.8) is 0 Å². The van der Waals surface area contributed by atoms with E-state index in [9.17, 15) is 4.79 Å². The number of aromatic nitrogens is 3. The fourth-order valence-electron chi connectivity index (χ4n) is 3.62. The number of carbonyl (C=O) groups excluding carboxylic acids is 1. The number of nitrogens with zero attached hydrogens (tertiary/aromatic N) is 3. The van der Waals surface area contributed by atoms with Crippen LogP contribution in [-0.4, -0.2) is 45.7 Å². The van der Waals surface area contributed by atoms with E-state index in [2.05, 4.69) is 75.5 Å². The molecule has 1 saturated heterocycles. The van der Waals surface area contributed by atoms with Crippen molar-refractivity contribution in [1.82, 2.24) is 20.1 Å². The summed E-state index contributed by atoms with van der Waals surface area (Å²) in [5.74, 6) is 1.19. The minimum absolute atomic E-state index is 0.00945. The van der Waals surface area contributed by atoms with Crippen molar-refractivity contribution < 1.29 is 9.53 Å². The lowest BCUT2D eigenvalue weighted by atomic mass is 10.1. The highest BCUT2D eigenvalue weighted by Gasteiger charge is 2.18. The van der Waals surface area contributed by atoms with Gasteiger partial charge in [-0.3, -0.25) is 9.36 Å². The van der Waals surface area contributed by atoms with Gasteiger partial charge in [-0.2, -0.15) is 0 Å². The van der Waals surface area contributed by atoms with E-state index in [-0.39, 0.29) is 12.0 Å². The second-order valence-electron chi connectivity index (χ2n) is 7.78. The van der Waals surface area contributed by atoms with Gasteiger partial charge in [0.1, 0.15) is 5.82 Å². The molecule has 0 aliphatic carbocycles. The summed E-state index contributed by atoms with van der Waals surface area (Å²) in [6, 6.07) is 18.7. The van der Waals surface area contributed by atoms with E-state index >= 15 is 0 Å². The van der Waals surface area contributed by atoms with Crippen LogP contribution in [0.5, 0.6) is 0 Å². The highest BCUT2D eigenvalue weighted by atomic mass is 32.2. The van der Waals surface area contributed by atoms with Gasteiger partial charge in [0.25, 0.3) is 0 Å². The Hall–Kier alpha value is -2.64. The van der Waals surface area contributed by atoms with E-state index in [1.807, 2.05) is 6.07 Å². The molecule has 162 valence electrons. The molecular weight excluding hydrogens is 408 g/mol. The molecule has 0 saturated carbocycles. The van der Waals surface area contributed by atoms with Gasteiger partial charge >= 0.3 is 0 Å². The molecule has 1 aromatic heterocycles. The van der Waals surface area contributed by atoms with Crippen molar-refractivity contribution in [3.05, 3.63) is 71.5 Å². The van der Waals surface area contributed by atoms with Crippen LogP contribution in [0.1, 0.15) is 29.8 Å². The molecule has 0 spiro atoms. The van der Waals surface area contributed by atoms with E-state index < -0.39 is 0 Å². The monoisotopic (exact) mass is 436 g/mol. The van der Waals surface area contributed by atoms with Crippen molar-refractivity contribution in [2.24, 2.45) is 0 Å². The summed E-state index contributed by atoms with van der Waals surface area (Å²) in [4.78, 5) is 12.3. The summed E-state index contributed by atoms with van der Waals surface area (Å²) in [5, 5.41) is 12.6. The summed E-state index contributed by atoms with van der Waals surface area (Å²) in [6.07, 6.45) is 3.89. The fraction of sp³-hybridized carbons (Fsp3) is 0.375. The predicted molar refractivity (Wildman–Crippen MR) is 123 cm³/mol. The Morgan fingerprint density at radius 2 is 1.94 bits per heavy atom. The van der Waals surface area contributed by atoms with Crippen LogP contribution in [-0.2, 0) is 22.4 Å². The van der Waals surface area contributed by atoms with E-state index in [4.69, 9.17) is 4.74 Å². The largest absolute Gasteiger partial charge is 0.376 e. The molecule has 1 aliphatic rings. The van der Waals surface area contributed by atoms with Gasteiger partial charge < -0.3 is 10.1 Å². The zero-order valence-corrected chi connectivity index (χ0v) is 18.6. The molecule has 6 nitrogen and oxygen atoms in total. The highest BCUT2D eigenvalue weighted by Crippen LogP contribution is 2.23. The Labute approximate surface area is 187 Å². The number of carbonyl (C=O) groups is 1. The van der Waals surface area contributed by atoms with Crippen LogP contribution in [0, 0.1) is 6.92 Å². The van der Waals surface area contributed by atoms with Gasteiger partial charge in [-0.15, -0.1) is 10.2 Å². The first-order valence-corrected chi connectivity index (χ1v) is 11.7. The van der Waals surface area contributed by atoms with E-state index in [0.717, 1.165) is 49.0 Å². The van der Waals surface area contributed by atoms with Crippen LogP contribution >= 0.6 is 11.8 Å². The molecule has 7 heteroatoms. The maximum Gasteiger partial charge on any atom is 0.230 e. The standard InChI is InChI=1S/C24H28N4O2S/c1-18-9-12-20(13-10-18)28-22(14-11-19-6-3-2-4-7-19)26-27-24(28)31-17-23(29)25-16-21-8-5-15-30-21/h2-4,6-7,9-10,12-13,21H,5,8,11,14-17H2,1H3,(H,25,29)/t21-/m1/s1. The minimum Gasteiger partial charge on any atom is -0.376 e. The molecule has 2 aromatic carbocycles. The Morgan fingerprint density at radius 1 is 1.13 bits per heavy atom. The third-order valence-electron chi connectivity index (χ3n) is 5.36. The Balaban J connectivity index is 1.45. The lowest BCUT2D eigenvalue weighted by Gasteiger charge is -2.12. The van der Waals surface area contributed by atoms with Crippen LogP contribution in [0.4, 0.5) is 0 Å². The number of aryl methyl sites for hydroxylation is 3. The fourth-order valence-corrected chi connectivity index (χ4v) is 4.42. The summed E-state index contributed by atoms with van der Waals surface area (Å²) in [6.45, 7) is 3.44. The third-order valence-corrected chi connectivity index (χ3v) is 6.28. The van der Waals surface area contributed by atoms with Gasteiger partial charge in [-0.1, -0.05) is 59.8 Å². The zero-order chi connectivity index (χ0) is 21.5. The lowest BCUT2D eigenvalue weighted by molar-refractivity contribution is -0.119. The molecule has 0 unspecified atom stereocenters. The van der Waals surface area contributed by atoms with Gasteiger partial charge in [0, 0.05) is 25.3 Å². The number of hydrogen-bond donors (Lipinski definition) is 1. The van der Waals surface area contributed by atoms with Crippen LogP contribution in [0.2, 0.25) is 0 Å². The molecule has 2 heterocycles. The van der Waals surface area contributed by atoms with Crippen molar-refractivity contribution >= 4 is 17.7 Å². The summed E-state index contributed by atoms with van der Waals surface area (Å²) >= 11 is 1.42. The van der Waals surface area contributed by atoms with Gasteiger partial charge in [0.2, 0.25) is 5.91 Å². The predicted octanol–water partition coefficient (Wildman–Crippen LogP) is 3.75. The lowest BCUT2D eigenvalue weighted by Crippen LogP contribution is -2.32. The van der Waals surface area contributed by atoms with E-state index in [0.29, 0.717) is 12.3 Å². The molecule has 0 bridgehead atoms. The third kappa shape index (κ3) is 5.95. The quantitative estimate of drug-likeness (QED) is 0.518. The molecule has 3 aromatic rings. The maximum absolute atomic E-state index is 12.3. The first-order chi connectivity index (χ1) is 15.2. The molecule has 31 heavy (non-hydrogen) atoms. The normalized spacial score (nSPS) is 15.8. The number of hydrogen-bond acceptors (Lipinski definition) is 5. The number of benzene rings is 2. The van der Waals surface area contributed by atoms with Gasteiger partial charge in [-0.25, -0.2) is 0 Å². The zero-order valence-electron chi connectivity index (χ0n) is 17.8. The van der Waals surface area contributed by atoms with Gasteiger partial charge in [0.15, 0.2) is 5.16 Å². The first-order valence-electron chi connectivity index (χ1n) is 10.8. The number of amides is 1. The van der Waals surface area contributed by atoms with Crippen LogP contribution in [0.15, 0.2) is 59.8 Å². The smallest absolute Gasteiger partial charge is 0.230 e. The maximum atomic E-state index is 12.3. The number of rotatable bonds is 9. The van der Waals surface area contributed by atoms with Crippen molar-refractivity contribution in [2.75, 3.05) is 18.9 Å². The molecule has 1 aliphatic heterocycles. The Kier molecular flexibility index (Phi) is 7.38. The average molecular weight is 437 g/mol. The molecule has 0 radical (unpaired) electrons.